The van der Waals surface area contributed by atoms with Gasteiger partial charge in [-0.3, -0.25) is 10.1 Å². The lowest BCUT2D eigenvalue weighted by Gasteiger charge is -2.37. The second-order valence-electron chi connectivity index (χ2n) is 7.72. The largest absolute Gasteiger partial charge is 0.494 e. The van der Waals surface area contributed by atoms with E-state index < -0.39 is 0 Å². The van der Waals surface area contributed by atoms with E-state index in [9.17, 15) is 4.79 Å². The molecular weight excluding hydrogens is 364 g/mol. The topological polar surface area (TPSA) is 80.5 Å². The van der Waals surface area contributed by atoms with Crippen LogP contribution in [-0.2, 0) is 10.2 Å². The fraction of sp³-hybridized carbons (Fsp3) is 0.421. The molecule has 3 aromatic rings. The number of para-hydroxylation sites is 1. The van der Waals surface area contributed by atoms with E-state index in [1.807, 2.05) is 39.0 Å². The molecule has 4 rings (SSSR count). The maximum Gasteiger partial charge on any atom is 0.233 e. The van der Waals surface area contributed by atoms with E-state index in [1.165, 1.54) is 0 Å². The Morgan fingerprint density at radius 2 is 2.15 bits per heavy atom. The number of thiazole rings is 1. The zero-order chi connectivity index (χ0) is 19.2. The number of benzene rings is 1. The Labute approximate surface area is 161 Å². The number of nitrogens with one attached hydrogen (secondary N) is 1. The van der Waals surface area contributed by atoms with Crippen molar-refractivity contribution < 1.29 is 14.1 Å². The van der Waals surface area contributed by atoms with Crippen LogP contribution in [0.4, 0.5) is 11.0 Å². The number of anilines is 2. The molecule has 1 saturated heterocycles. The van der Waals surface area contributed by atoms with Gasteiger partial charge in [0, 0.05) is 24.6 Å². The lowest BCUT2D eigenvalue weighted by atomic mass is 9.92. The van der Waals surface area contributed by atoms with E-state index >= 15 is 0 Å². The number of nitrogens with zero attached hydrogens (tertiary/aromatic N) is 3. The van der Waals surface area contributed by atoms with Gasteiger partial charge in [0.1, 0.15) is 11.3 Å². The first-order valence-electron chi connectivity index (χ1n) is 8.81. The normalized spacial score (nSPS) is 15.0. The average Bonchev–Trinajstić information content (AvgIpc) is 3.19. The Kier molecular flexibility index (Phi) is 4.30. The molecule has 1 N–H and O–H groups in total. The van der Waals surface area contributed by atoms with Crippen molar-refractivity contribution in [3.8, 4) is 5.75 Å². The minimum absolute atomic E-state index is 0.0541. The Hall–Kier alpha value is -2.61. The van der Waals surface area contributed by atoms with Crippen molar-refractivity contribution in [3.05, 3.63) is 30.0 Å². The van der Waals surface area contributed by atoms with Crippen molar-refractivity contribution in [2.45, 2.75) is 26.2 Å². The number of ether oxygens (including phenoxy) is 1. The number of carbonyl (C=O) groups is 1. The van der Waals surface area contributed by atoms with Crippen molar-refractivity contribution in [2.24, 2.45) is 5.92 Å². The summed E-state index contributed by atoms with van der Waals surface area (Å²) in [5.74, 6) is 1.02. The van der Waals surface area contributed by atoms with Crippen molar-refractivity contribution >= 4 is 38.5 Å². The third-order valence-corrected chi connectivity index (χ3v) is 5.72. The quantitative estimate of drug-likeness (QED) is 0.737. The Morgan fingerprint density at radius 1 is 1.37 bits per heavy atom. The standard InChI is InChI=1S/C19H22N4O3S/c1-19(2,3)14-8-15(26-22-14)20-17(24)11-9-23(10-11)18-21-16-12(25-4)6-5-7-13(16)27-18/h5-8,11H,9-10H2,1-4H3,(H,20,24). The van der Waals surface area contributed by atoms with Crippen LogP contribution in [0.25, 0.3) is 10.2 Å². The molecule has 1 amide bonds. The van der Waals surface area contributed by atoms with Crippen LogP contribution in [0, 0.1) is 5.92 Å². The first-order chi connectivity index (χ1) is 12.8. The molecule has 3 heterocycles. The maximum absolute atomic E-state index is 12.4. The van der Waals surface area contributed by atoms with Gasteiger partial charge in [-0.05, 0) is 12.1 Å². The molecule has 1 aliphatic heterocycles. The molecule has 8 heteroatoms. The highest BCUT2D eigenvalue weighted by Crippen LogP contribution is 2.36. The molecule has 0 unspecified atom stereocenters. The Morgan fingerprint density at radius 3 is 2.81 bits per heavy atom. The van der Waals surface area contributed by atoms with Crippen molar-refractivity contribution in [3.63, 3.8) is 0 Å². The third kappa shape index (κ3) is 3.37. The summed E-state index contributed by atoms with van der Waals surface area (Å²) in [6.07, 6.45) is 0. The number of rotatable bonds is 4. The fourth-order valence-corrected chi connectivity index (χ4v) is 3.92. The average molecular weight is 386 g/mol. The van der Waals surface area contributed by atoms with Crippen molar-refractivity contribution in [2.75, 3.05) is 30.4 Å². The number of hydrogen-bond donors (Lipinski definition) is 1. The SMILES string of the molecule is COc1cccc2sc(N3CC(C(=O)Nc4cc(C(C)(C)C)no4)C3)nc12. The van der Waals surface area contributed by atoms with Crippen LogP contribution in [0.2, 0.25) is 0 Å². The smallest absolute Gasteiger partial charge is 0.233 e. The number of hydrogen-bond acceptors (Lipinski definition) is 7. The van der Waals surface area contributed by atoms with Gasteiger partial charge in [0.25, 0.3) is 0 Å². The van der Waals surface area contributed by atoms with Crippen molar-refractivity contribution in [1.29, 1.82) is 0 Å². The molecule has 0 aliphatic carbocycles. The molecule has 27 heavy (non-hydrogen) atoms. The molecule has 142 valence electrons. The van der Waals surface area contributed by atoms with E-state index in [-0.39, 0.29) is 17.2 Å². The lowest BCUT2D eigenvalue weighted by molar-refractivity contribution is -0.120. The molecular formula is C19H22N4O3S. The molecule has 0 saturated carbocycles. The predicted octanol–water partition coefficient (Wildman–Crippen LogP) is 3.67. The number of aromatic nitrogens is 2. The first kappa shape index (κ1) is 17.8. The van der Waals surface area contributed by atoms with E-state index in [1.54, 1.807) is 24.5 Å². The summed E-state index contributed by atoms with van der Waals surface area (Å²) >= 11 is 1.61. The zero-order valence-electron chi connectivity index (χ0n) is 15.8. The lowest BCUT2D eigenvalue weighted by Crippen LogP contribution is -2.52. The summed E-state index contributed by atoms with van der Waals surface area (Å²) < 4.78 is 11.7. The Bertz CT molecular complexity index is 982. The summed E-state index contributed by atoms with van der Waals surface area (Å²) in [6.45, 7) is 7.41. The highest BCUT2D eigenvalue weighted by atomic mass is 32.1. The van der Waals surface area contributed by atoms with Gasteiger partial charge in [-0.15, -0.1) is 0 Å². The number of fused-ring (bicyclic) bond motifs is 1. The van der Waals surface area contributed by atoms with Crippen LogP contribution < -0.4 is 15.0 Å². The van der Waals surface area contributed by atoms with Gasteiger partial charge in [-0.25, -0.2) is 4.98 Å². The fourth-order valence-electron chi connectivity index (χ4n) is 2.92. The van der Waals surface area contributed by atoms with Crippen LogP contribution >= 0.6 is 11.3 Å². The minimum Gasteiger partial charge on any atom is -0.494 e. The number of amides is 1. The summed E-state index contributed by atoms with van der Waals surface area (Å²) in [4.78, 5) is 19.2. The number of carbonyl (C=O) groups excluding carboxylic acids is 1. The van der Waals surface area contributed by atoms with E-state index in [0.29, 0.717) is 19.0 Å². The highest BCUT2D eigenvalue weighted by molar-refractivity contribution is 7.22. The van der Waals surface area contributed by atoms with Gasteiger partial charge in [-0.2, -0.15) is 0 Å². The van der Waals surface area contributed by atoms with Gasteiger partial charge in [0.05, 0.1) is 23.4 Å². The summed E-state index contributed by atoms with van der Waals surface area (Å²) in [5, 5.41) is 7.76. The molecule has 1 aliphatic rings. The predicted molar refractivity (Wildman–Crippen MR) is 106 cm³/mol. The van der Waals surface area contributed by atoms with Crippen LogP contribution in [-0.4, -0.2) is 36.2 Å². The van der Waals surface area contributed by atoms with Gasteiger partial charge in [-0.1, -0.05) is 43.3 Å². The van der Waals surface area contributed by atoms with Crippen LogP contribution in [0.5, 0.6) is 5.75 Å². The first-order valence-corrected chi connectivity index (χ1v) is 9.63. The van der Waals surface area contributed by atoms with Gasteiger partial charge in [0.2, 0.25) is 11.8 Å². The maximum atomic E-state index is 12.4. The molecule has 2 aromatic heterocycles. The van der Waals surface area contributed by atoms with Crippen molar-refractivity contribution in [1.82, 2.24) is 10.1 Å². The third-order valence-electron chi connectivity index (χ3n) is 4.64. The molecule has 0 radical (unpaired) electrons. The summed E-state index contributed by atoms with van der Waals surface area (Å²) in [7, 11) is 1.65. The van der Waals surface area contributed by atoms with E-state index in [4.69, 9.17) is 9.26 Å². The number of methoxy groups -OCH3 is 1. The highest BCUT2D eigenvalue weighted by Gasteiger charge is 2.35. The second-order valence-corrected chi connectivity index (χ2v) is 8.73. The van der Waals surface area contributed by atoms with Gasteiger partial charge >= 0.3 is 0 Å². The molecule has 0 atom stereocenters. The Balaban J connectivity index is 1.39. The summed E-state index contributed by atoms with van der Waals surface area (Å²) in [6, 6.07) is 7.67. The van der Waals surface area contributed by atoms with E-state index in [2.05, 4.69) is 20.4 Å². The molecule has 1 aromatic carbocycles. The van der Waals surface area contributed by atoms with Gasteiger partial charge < -0.3 is 14.2 Å². The monoisotopic (exact) mass is 386 g/mol. The van der Waals surface area contributed by atoms with E-state index in [0.717, 1.165) is 26.8 Å². The second kappa shape index (κ2) is 6.53. The molecule has 1 fully saturated rings. The zero-order valence-corrected chi connectivity index (χ0v) is 16.6. The summed E-state index contributed by atoms with van der Waals surface area (Å²) in [5.41, 5.74) is 1.56. The molecule has 0 spiro atoms. The van der Waals surface area contributed by atoms with Gasteiger partial charge in [0.15, 0.2) is 5.13 Å². The molecule has 7 nitrogen and oxygen atoms in total. The minimum atomic E-state index is -0.117. The van der Waals surface area contributed by atoms with Crippen LogP contribution in [0.15, 0.2) is 28.8 Å². The molecule has 0 bridgehead atoms. The van der Waals surface area contributed by atoms with Crippen LogP contribution in [0.1, 0.15) is 26.5 Å². The van der Waals surface area contributed by atoms with Crippen LogP contribution in [0.3, 0.4) is 0 Å².